The van der Waals surface area contributed by atoms with Gasteiger partial charge in [0.05, 0.1) is 12.5 Å². The third-order valence-electron chi connectivity index (χ3n) is 3.42. The van der Waals surface area contributed by atoms with Crippen LogP contribution >= 0.6 is 0 Å². The lowest BCUT2D eigenvalue weighted by Gasteiger charge is -2.26. The summed E-state index contributed by atoms with van der Waals surface area (Å²) in [6, 6.07) is 5.92. The Morgan fingerprint density at radius 1 is 1.33 bits per heavy atom. The van der Waals surface area contributed by atoms with Gasteiger partial charge in [0.25, 0.3) is 0 Å². The normalized spacial score (nSPS) is 18.4. The molecule has 1 unspecified atom stereocenters. The van der Waals surface area contributed by atoms with Crippen LogP contribution in [0.1, 0.15) is 17.5 Å². The molecule has 21 heavy (non-hydrogen) atoms. The van der Waals surface area contributed by atoms with E-state index < -0.39 is 36.3 Å². The van der Waals surface area contributed by atoms with E-state index in [1.165, 1.54) is 0 Å². The minimum Gasteiger partial charge on any atom is -0.480 e. The fourth-order valence-electron chi connectivity index (χ4n) is 2.31. The van der Waals surface area contributed by atoms with E-state index in [1.54, 1.807) is 0 Å². The third-order valence-corrected chi connectivity index (χ3v) is 3.42. The number of fused-ring (bicyclic) bond motifs is 1. The Bertz CT molecular complexity index is 573. The molecule has 2 rings (SSSR count). The summed E-state index contributed by atoms with van der Waals surface area (Å²) in [7, 11) is 0. The van der Waals surface area contributed by atoms with Crippen LogP contribution in [0.3, 0.4) is 0 Å². The first-order valence-corrected chi connectivity index (χ1v) is 6.59. The van der Waals surface area contributed by atoms with Gasteiger partial charge >= 0.3 is 5.97 Å². The molecule has 0 fully saturated rings. The summed E-state index contributed by atoms with van der Waals surface area (Å²) in [6.07, 6.45) is 0.0509. The lowest BCUT2D eigenvalue weighted by molar-refractivity contribution is -0.143. The number of aliphatic carboxylic acids is 1. The standard InChI is InChI=1S/C14H17N3O4/c15-12(18)6-11(14(20)21)17-13(19)10-5-8-3-1-2-4-9(8)7-16-10/h1-4,10-11,16H,5-7H2,(H2,15,18)(H,17,19)(H,20,21)/t10?,11-/m1/s1. The lowest BCUT2D eigenvalue weighted by atomic mass is 9.95. The first-order chi connectivity index (χ1) is 9.97. The van der Waals surface area contributed by atoms with Crippen LogP contribution in [0.25, 0.3) is 0 Å². The monoisotopic (exact) mass is 291 g/mol. The maximum absolute atomic E-state index is 12.1. The van der Waals surface area contributed by atoms with Crippen LogP contribution in [0.4, 0.5) is 0 Å². The predicted octanol–water partition coefficient (Wildman–Crippen LogP) is -0.854. The number of carbonyl (C=O) groups is 3. The van der Waals surface area contributed by atoms with Gasteiger partial charge in [0.1, 0.15) is 6.04 Å². The molecule has 1 heterocycles. The molecule has 0 bridgehead atoms. The number of hydrogen-bond donors (Lipinski definition) is 4. The van der Waals surface area contributed by atoms with E-state index in [4.69, 9.17) is 10.8 Å². The van der Waals surface area contributed by atoms with E-state index in [0.29, 0.717) is 13.0 Å². The zero-order valence-electron chi connectivity index (χ0n) is 11.3. The Morgan fingerprint density at radius 2 is 2.00 bits per heavy atom. The smallest absolute Gasteiger partial charge is 0.326 e. The molecule has 0 radical (unpaired) electrons. The zero-order valence-corrected chi connectivity index (χ0v) is 11.3. The maximum Gasteiger partial charge on any atom is 0.326 e. The third kappa shape index (κ3) is 3.79. The van der Waals surface area contributed by atoms with Crippen molar-refractivity contribution >= 4 is 17.8 Å². The highest BCUT2D eigenvalue weighted by Gasteiger charge is 2.28. The van der Waals surface area contributed by atoms with E-state index in [-0.39, 0.29) is 0 Å². The Balaban J connectivity index is 2.01. The predicted molar refractivity (Wildman–Crippen MR) is 74.2 cm³/mol. The van der Waals surface area contributed by atoms with Crippen molar-refractivity contribution in [1.29, 1.82) is 0 Å². The number of amides is 2. The molecule has 7 nitrogen and oxygen atoms in total. The highest BCUT2D eigenvalue weighted by molar-refractivity contribution is 5.90. The van der Waals surface area contributed by atoms with Crippen molar-refractivity contribution in [3.63, 3.8) is 0 Å². The van der Waals surface area contributed by atoms with Crippen LogP contribution in [-0.4, -0.2) is 35.0 Å². The molecule has 0 spiro atoms. The van der Waals surface area contributed by atoms with Gasteiger partial charge in [0, 0.05) is 6.54 Å². The molecule has 1 aliphatic heterocycles. The summed E-state index contributed by atoms with van der Waals surface area (Å²) in [4.78, 5) is 34.0. The fraction of sp³-hybridized carbons (Fsp3) is 0.357. The summed E-state index contributed by atoms with van der Waals surface area (Å²) in [5.74, 6) is -2.50. The first kappa shape index (κ1) is 15.0. The molecule has 112 valence electrons. The highest BCUT2D eigenvalue weighted by atomic mass is 16.4. The SMILES string of the molecule is NC(=O)C[C@@H](NC(=O)C1Cc2ccccc2CN1)C(=O)O. The molecule has 1 aliphatic rings. The topological polar surface area (TPSA) is 122 Å². The van der Waals surface area contributed by atoms with Crippen LogP contribution in [0.15, 0.2) is 24.3 Å². The Labute approximate surface area is 121 Å². The number of primary amides is 1. The van der Waals surface area contributed by atoms with E-state index in [2.05, 4.69) is 10.6 Å². The zero-order chi connectivity index (χ0) is 15.4. The molecule has 2 amide bonds. The largest absolute Gasteiger partial charge is 0.480 e. The van der Waals surface area contributed by atoms with Crippen LogP contribution in [0.5, 0.6) is 0 Å². The van der Waals surface area contributed by atoms with Crippen molar-refractivity contribution in [2.24, 2.45) is 5.73 Å². The van der Waals surface area contributed by atoms with Gasteiger partial charge in [-0.05, 0) is 17.5 Å². The summed E-state index contributed by atoms with van der Waals surface area (Å²) >= 11 is 0. The van der Waals surface area contributed by atoms with Gasteiger partial charge in [-0.1, -0.05) is 24.3 Å². The molecule has 0 saturated carbocycles. The molecule has 1 aromatic carbocycles. The second kappa shape index (κ2) is 6.36. The number of carboxylic acid groups (broad SMARTS) is 1. The summed E-state index contributed by atoms with van der Waals surface area (Å²) < 4.78 is 0. The number of nitrogens with two attached hydrogens (primary N) is 1. The molecule has 1 aromatic rings. The number of carboxylic acids is 1. The first-order valence-electron chi connectivity index (χ1n) is 6.59. The number of carbonyl (C=O) groups excluding carboxylic acids is 2. The van der Waals surface area contributed by atoms with Gasteiger partial charge < -0.3 is 21.5 Å². The van der Waals surface area contributed by atoms with Crippen molar-refractivity contribution in [3.05, 3.63) is 35.4 Å². The Morgan fingerprint density at radius 3 is 2.62 bits per heavy atom. The average Bonchev–Trinajstić information content (AvgIpc) is 2.45. The number of hydrogen-bond acceptors (Lipinski definition) is 4. The minimum absolute atomic E-state index is 0.426. The summed E-state index contributed by atoms with van der Waals surface area (Å²) in [5.41, 5.74) is 7.15. The molecule has 2 atom stereocenters. The summed E-state index contributed by atoms with van der Waals surface area (Å²) in [5, 5.41) is 14.4. The minimum atomic E-state index is -1.30. The summed E-state index contributed by atoms with van der Waals surface area (Å²) in [6.45, 7) is 0.543. The van der Waals surface area contributed by atoms with Crippen molar-refractivity contribution in [2.45, 2.75) is 31.5 Å². The molecular weight excluding hydrogens is 274 g/mol. The van der Waals surface area contributed by atoms with Gasteiger partial charge in [-0.25, -0.2) is 4.79 Å². The van der Waals surface area contributed by atoms with Crippen LogP contribution in [0.2, 0.25) is 0 Å². The quantitative estimate of drug-likeness (QED) is 0.563. The van der Waals surface area contributed by atoms with E-state index in [1.807, 2.05) is 24.3 Å². The molecule has 5 N–H and O–H groups in total. The van der Waals surface area contributed by atoms with Gasteiger partial charge in [0.2, 0.25) is 11.8 Å². The molecule has 0 aliphatic carbocycles. The Kier molecular flexibility index (Phi) is 4.54. The van der Waals surface area contributed by atoms with E-state index in [0.717, 1.165) is 11.1 Å². The number of nitrogens with one attached hydrogen (secondary N) is 2. The lowest BCUT2D eigenvalue weighted by Crippen LogP contribution is -2.53. The fourth-order valence-corrected chi connectivity index (χ4v) is 2.31. The average molecular weight is 291 g/mol. The van der Waals surface area contributed by atoms with Gasteiger partial charge in [-0.3, -0.25) is 9.59 Å². The van der Waals surface area contributed by atoms with Gasteiger partial charge in [-0.2, -0.15) is 0 Å². The van der Waals surface area contributed by atoms with Crippen molar-refractivity contribution < 1.29 is 19.5 Å². The van der Waals surface area contributed by atoms with Crippen molar-refractivity contribution in [3.8, 4) is 0 Å². The van der Waals surface area contributed by atoms with E-state index in [9.17, 15) is 14.4 Å². The van der Waals surface area contributed by atoms with Crippen LogP contribution in [-0.2, 0) is 27.3 Å². The Hall–Kier alpha value is -2.41. The molecule has 0 aromatic heterocycles. The number of benzene rings is 1. The molecule has 7 heteroatoms. The van der Waals surface area contributed by atoms with Gasteiger partial charge in [0.15, 0.2) is 0 Å². The van der Waals surface area contributed by atoms with Crippen LogP contribution < -0.4 is 16.4 Å². The molecular formula is C14H17N3O4. The van der Waals surface area contributed by atoms with E-state index >= 15 is 0 Å². The second-order valence-corrected chi connectivity index (χ2v) is 4.98. The highest BCUT2D eigenvalue weighted by Crippen LogP contribution is 2.16. The van der Waals surface area contributed by atoms with Crippen molar-refractivity contribution in [2.75, 3.05) is 0 Å². The molecule has 0 saturated heterocycles. The number of rotatable bonds is 5. The van der Waals surface area contributed by atoms with Crippen LogP contribution in [0, 0.1) is 0 Å². The maximum atomic E-state index is 12.1. The van der Waals surface area contributed by atoms with Crippen molar-refractivity contribution in [1.82, 2.24) is 10.6 Å². The second-order valence-electron chi connectivity index (χ2n) is 4.98. The van der Waals surface area contributed by atoms with Gasteiger partial charge in [-0.15, -0.1) is 0 Å².